The van der Waals surface area contributed by atoms with Gasteiger partial charge < -0.3 is 20.1 Å². The molecule has 0 saturated heterocycles. The fraction of sp³-hybridized carbons (Fsp3) is 0.476. The van der Waals surface area contributed by atoms with Gasteiger partial charge in [-0.05, 0) is 31.9 Å². The summed E-state index contributed by atoms with van der Waals surface area (Å²) >= 11 is 0. The Balaban J connectivity index is 1.54. The lowest BCUT2D eigenvalue weighted by atomic mass is 10.1. The normalized spacial score (nSPS) is 11.9. The number of aryl methyl sites for hydroxylation is 3. The molecule has 0 aliphatic heterocycles. The number of nitrogens with zero attached hydrogens (tertiary/aromatic N) is 3. The summed E-state index contributed by atoms with van der Waals surface area (Å²) in [6.45, 7) is 8.46. The second kappa shape index (κ2) is 9.92. The topological polar surface area (TPSA) is 91.1 Å². The molecule has 3 N–H and O–H groups in total. The molecule has 7 nitrogen and oxygen atoms in total. The fourth-order valence-electron chi connectivity index (χ4n) is 3.20. The Morgan fingerprint density at radius 1 is 1.14 bits per heavy atom. The third kappa shape index (κ3) is 4.91. The van der Waals surface area contributed by atoms with Crippen LogP contribution in [0.5, 0.6) is 0 Å². The van der Waals surface area contributed by atoms with Crippen molar-refractivity contribution < 1.29 is 4.52 Å². The lowest BCUT2D eigenvalue weighted by Crippen LogP contribution is -2.37. The number of fused-ring (bicyclic) bond motifs is 1. The lowest BCUT2D eigenvalue weighted by Gasteiger charge is -2.11. The summed E-state index contributed by atoms with van der Waals surface area (Å²) < 4.78 is 5.43. The van der Waals surface area contributed by atoms with Crippen molar-refractivity contribution in [2.45, 2.75) is 53.0 Å². The molecule has 28 heavy (non-hydrogen) atoms. The Hall–Kier alpha value is -2.83. The Morgan fingerprint density at radius 2 is 2.00 bits per heavy atom. The van der Waals surface area contributed by atoms with E-state index >= 15 is 0 Å². The van der Waals surface area contributed by atoms with Gasteiger partial charge in [0.05, 0.1) is 23.3 Å². The fourth-order valence-corrected chi connectivity index (χ4v) is 3.20. The van der Waals surface area contributed by atoms with Crippen molar-refractivity contribution in [1.82, 2.24) is 25.8 Å². The van der Waals surface area contributed by atoms with Gasteiger partial charge in [0.1, 0.15) is 11.6 Å². The molecule has 0 aliphatic rings. The molecule has 0 spiro atoms. The zero-order chi connectivity index (χ0) is 19.8. The Labute approximate surface area is 166 Å². The van der Waals surface area contributed by atoms with Crippen LogP contribution in [0.2, 0.25) is 0 Å². The molecule has 0 atom stereocenters. The van der Waals surface area contributed by atoms with E-state index in [0.29, 0.717) is 6.54 Å². The van der Waals surface area contributed by atoms with Crippen LogP contribution < -0.4 is 10.6 Å². The number of H-pyrrole nitrogens is 1. The Bertz CT molecular complexity index is 856. The summed E-state index contributed by atoms with van der Waals surface area (Å²) in [5.41, 5.74) is 4.23. The summed E-state index contributed by atoms with van der Waals surface area (Å²) in [4.78, 5) is 12.7. The van der Waals surface area contributed by atoms with Gasteiger partial charge in [-0.15, -0.1) is 0 Å². The van der Waals surface area contributed by atoms with E-state index in [0.717, 1.165) is 78.6 Å². The zero-order valence-electron chi connectivity index (χ0n) is 17.0. The summed E-state index contributed by atoms with van der Waals surface area (Å²) in [5, 5.41) is 10.9. The SMILES string of the molecule is CCNC(=NCc1c(CC)noc1CC)NCCCc1nc2ccccc2[nH]1. The molecule has 3 rings (SSSR count). The van der Waals surface area contributed by atoms with Gasteiger partial charge in [0.15, 0.2) is 5.96 Å². The number of rotatable bonds is 9. The molecule has 0 radical (unpaired) electrons. The monoisotopic (exact) mass is 382 g/mol. The molecular formula is C21H30N6O. The van der Waals surface area contributed by atoms with Crippen LogP contribution in [0.1, 0.15) is 50.0 Å². The van der Waals surface area contributed by atoms with Crippen LogP contribution in [0.15, 0.2) is 33.8 Å². The van der Waals surface area contributed by atoms with Gasteiger partial charge in [0.2, 0.25) is 0 Å². The predicted molar refractivity (Wildman–Crippen MR) is 112 cm³/mol. The highest BCUT2D eigenvalue weighted by Crippen LogP contribution is 2.16. The summed E-state index contributed by atoms with van der Waals surface area (Å²) in [6.07, 6.45) is 3.56. The quantitative estimate of drug-likeness (QED) is 0.300. The molecule has 2 heterocycles. The van der Waals surface area contributed by atoms with Crippen molar-refractivity contribution in [2.75, 3.05) is 13.1 Å². The largest absolute Gasteiger partial charge is 0.361 e. The average molecular weight is 383 g/mol. The van der Waals surface area contributed by atoms with E-state index in [2.05, 4.69) is 52.6 Å². The molecule has 7 heteroatoms. The van der Waals surface area contributed by atoms with Crippen LogP contribution in [0.4, 0.5) is 0 Å². The average Bonchev–Trinajstić information content (AvgIpc) is 3.31. The molecule has 3 aromatic rings. The summed E-state index contributed by atoms with van der Waals surface area (Å²) in [7, 11) is 0. The van der Waals surface area contributed by atoms with Crippen molar-refractivity contribution in [2.24, 2.45) is 4.99 Å². The highest BCUT2D eigenvalue weighted by Gasteiger charge is 2.13. The van der Waals surface area contributed by atoms with Crippen LogP contribution >= 0.6 is 0 Å². The van der Waals surface area contributed by atoms with Gasteiger partial charge in [-0.2, -0.15) is 0 Å². The minimum Gasteiger partial charge on any atom is -0.361 e. The summed E-state index contributed by atoms with van der Waals surface area (Å²) in [5.74, 6) is 2.77. The molecular weight excluding hydrogens is 352 g/mol. The number of benzene rings is 1. The smallest absolute Gasteiger partial charge is 0.191 e. The second-order valence-corrected chi connectivity index (χ2v) is 6.66. The third-order valence-electron chi connectivity index (χ3n) is 4.67. The van der Waals surface area contributed by atoms with Gasteiger partial charge in [-0.1, -0.05) is 31.1 Å². The highest BCUT2D eigenvalue weighted by atomic mass is 16.5. The summed E-state index contributed by atoms with van der Waals surface area (Å²) in [6, 6.07) is 8.12. The molecule has 150 valence electrons. The van der Waals surface area contributed by atoms with Gasteiger partial charge in [0.25, 0.3) is 0 Å². The highest BCUT2D eigenvalue weighted by molar-refractivity contribution is 5.79. The maximum atomic E-state index is 5.43. The van der Waals surface area contributed by atoms with E-state index in [9.17, 15) is 0 Å². The van der Waals surface area contributed by atoms with Crippen molar-refractivity contribution in [3.05, 3.63) is 47.1 Å². The van der Waals surface area contributed by atoms with Crippen molar-refractivity contribution in [1.29, 1.82) is 0 Å². The van der Waals surface area contributed by atoms with Crippen molar-refractivity contribution in [3.8, 4) is 0 Å². The van der Waals surface area contributed by atoms with Crippen molar-refractivity contribution >= 4 is 17.0 Å². The number of aliphatic imine (C=N–C) groups is 1. The van der Waals surface area contributed by atoms with E-state index in [1.807, 2.05) is 18.2 Å². The first-order chi connectivity index (χ1) is 13.7. The number of imidazole rings is 1. The van der Waals surface area contributed by atoms with Gasteiger partial charge in [0, 0.05) is 31.5 Å². The van der Waals surface area contributed by atoms with E-state index in [1.54, 1.807) is 0 Å². The Kier molecular flexibility index (Phi) is 7.06. The van der Waals surface area contributed by atoms with Crippen LogP contribution in [-0.2, 0) is 25.8 Å². The van der Waals surface area contributed by atoms with E-state index < -0.39 is 0 Å². The molecule has 0 bridgehead atoms. The number of para-hydroxylation sites is 2. The Morgan fingerprint density at radius 3 is 2.75 bits per heavy atom. The number of nitrogens with one attached hydrogen (secondary N) is 3. The lowest BCUT2D eigenvalue weighted by molar-refractivity contribution is 0.380. The molecule has 0 aliphatic carbocycles. The first-order valence-electron chi connectivity index (χ1n) is 10.2. The van der Waals surface area contributed by atoms with Gasteiger partial charge in [-0.3, -0.25) is 0 Å². The maximum Gasteiger partial charge on any atom is 0.191 e. The van der Waals surface area contributed by atoms with Crippen LogP contribution in [-0.4, -0.2) is 34.2 Å². The van der Waals surface area contributed by atoms with E-state index in [1.165, 1.54) is 0 Å². The number of aromatic amines is 1. The van der Waals surface area contributed by atoms with E-state index in [-0.39, 0.29) is 0 Å². The standard InChI is InChI=1S/C21H30N6O/c1-4-16-15(19(5-2)28-27-16)14-24-21(22-6-3)23-13-9-12-20-25-17-10-7-8-11-18(17)26-20/h7-8,10-11H,4-6,9,12-14H2,1-3H3,(H,25,26)(H2,22,23,24). The van der Waals surface area contributed by atoms with Crippen LogP contribution in [0.3, 0.4) is 0 Å². The van der Waals surface area contributed by atoms with Gasteiger partial charge >= 0.3 is 0 Å². The zero-order valence-corrected chi connectivity index (χ0v) is 17.0. The van der Waals surface area contributed by atoms with Crippen LogP contribution in [0.25, 0.3) is 11.0 Å². The molecule has 0 unspecified atom stereocenters. The molecule has 0 amide bonds. The number of hydrogen-bond donors (Lipinski definition) is 3. The number of hydrogen-bond acceptors (Lipinski definition) is 4. The predicted octanol–water partition coefficient (Wildman–Crippen LogP) is 3.36. The third-order valence-corrected chi connectivity index (χ3v) is 4.67. The van der Waals surface area contributed by atoms with Crippen LogP contribution in [0, 0.1) is 0 Å². The van der Waals surface area contributed by atoms with Gasteiger partial charge in [-0.25, -0.2) is 9.98 Å². The molecule has 1 aromatic carbocycles. The second-order valence-electron chi connectivity index (χ2n) is 6.66. The minimum atomic E-state index is 0.578. The number of aromatic nitrogens is 3. The molecule has 2 aromatic heterocycles. The first kappa shape index (κ1) is 19.9. The molecule has 0 saturated carbocycles. The molecule has 0 fully saturated rings. The van der Waals surface area contributed by atoms with Crippen molar-refractivity contribution in [3.63, 3.8) is 0 Å². The van der Waals surface area contributed by atoms with E-state index in [4.69, 9.17) is 9.52 Å². The number of guanidine groups is 1. The minimum absolute atomic E-state index is 0.578. The maximum absolute atomic E-state index is 5.43. The first-order valence-corrected chi connectivity index (χ1v) is 10.2.